The van der Waals surface area contributed by atoms with Gasteiger partial charge in [0.25, 0.3) is 17.4 Å². The number of halogens is 1. The minimum absolute atomic E-state index is 0.0318. The number of aliphatic hydroxyl groups is 1. The van der Waals surface area contributed by atoms with Crippen molar-refractivity contribution >= 4 is 52.3 Å². The van der Waals surface area contributed by atoms with Crippen LogP contribution in [0.1, 0.15) is 90.5 Å². The number of aromatic nitrogens is 2. The lowest BCUT2D eigenvalue weighted by Gasteiger charge is -2.35. The van der Waals surface area contributed by atoms with Gasteiger partial charge < -0.3 is 50.5 Å². The Kier molecular flexibility index (Phi) is 16.4. The molecular formula is C53H59FN8O12. The molecule has 0 spiro atoms. The lowest BCUT2D eigenvalue weighted by molar-refractivity contribution is -0.137. The van der Waals surface area contributed by atoms with Crippen LogP contribution in [0.5, 0.6) is 0 Å². The zero-order chi connectivity index (χ0) is 52.7. The van der Waals surface area contributed by atoms with Crippen molar-refractivity contribution in [1.29, 1.82) is 0 Å². The number of nitrogens with one attached hydrogen (secondary N) is 5. The van der Waals surface area contributed by atoms with Crippen LogP contribution in [0.25, 0.3) is 22.3 Å². The van der Waals surface area contributed by atoms with E-state index in [1.165, 1.54) is 18.2 Å². The van der Waals surface area contributed by atoms with Gasteiger partial charge in [0.05, 0.1) is 68.0 Å². The molecule has 3 aliphatic heterocycles. The summed E-state index contributed by atoms with van der Waals surface area (Å²) in [6.07, 6.45) is 5.02. The Morgan fingerprint density at radius 3 is 2.38 bits per heavy atom. The molecule has 7 amide bonds. The number of hydrogen-bond donors (Lipinski definition) is 6. The lowest BCUT2D eigenvalue weighted by atomic mass is 9.82. The molecule has 6 N–H and O–H groups in total. The van der Waals surface area contributed by atoms with Crippen molar-refractivity contribution < 1.29 is 57.3 Å². The number of hydrogen-bond acceptors (Lipinski definition) is 13. The molecule has 0 unspecified atom stereocenters. The molecule has 0 fully saturated rings. The van der Waals surface area contributed by atoms with Crippen LogP contribution in [0.15, 0.2) is 71.7 Å². The van der Waals surface area contributed by atoms with E-state index in [0.717, 1.165) is 32.5 Å². The number of carbonyl (C=O) groups excluding carboxylic acids is 7. The van der Waals surface area contributed by atoms with Crippen LogP contribution in [0, 0.1) is 12.7 Å². The van der Waals surface area contributed by atoms with Gasteiger partial charge in [-0.2, -0.15) is 0 Å². The van der Waals surface area contributed by atoms with E-state index < -0.39 is 54.5 Å². The molecule has 0 radical (unpaired) electrons. The molecule has 8 rings (SSSR count). The Hall–Kier alpha value is -7.62. The number of pyridine rings is 2. The number of benzene rings is 2. The van der Waals surface area contributed by atoms with Gasteiger partial charge in [0.15, 0.2) is 0 Å². The number of fused-ring (bicyclic) bond motifs is 5. The fourth-order valence-corrected chi connectivity index (χ4v) is 9.80. The number of aryl methyl sites for hydroxylation is 1. The summed E-state index contributed by atoms with van der Waals surface area (Å²) in [5.41, 5.74) is 3.96. The number of nitrogens with zero attached hydrogens (tertiary/aromatic N) is 3. The summed E-state index contributed by atoms with van der Waals surface area (Å²) >= 11 is 0. The van der Waals surface area contributed by atoms with Crippen molar-refractivity contribution in [1.82, 2.24) is 41.0 Å². The predicted molar refractivity (Wildman–Crippen MR) is 265 cm³/mol. The van der Waals surface area contributed by atoms with Gasteiger partial charge in [-0.15, -0.1) is 0 Å². The normalized spacial score (nSPS) is 17.5. The Bertz CT molecular complexity index is 3000. The highest BCUT2D eigenvalue weighted by molar-refractivity contribution is 6.12. The van der Waals surface area contributed by atoms with Gasteiger partial charge >= 0.3 is 0 Å². The Morgan fingerprint density at radius 1 is 0.905 bits per heavy atom. The van der Waals surface area contributed by atoms with Crippen LogP contribution in [0.3, 0.4) is 0 Å². The predicted octanol–water partition coefficient (Wildman–Crippen LogP) is 2.17. The molecule has 2 aromatic carbocycles. The number of unbranched alkanes of at least 4 members (excludes halogenated alkanes) is 2. The van der Waals surface area contributed by atoms with Crippen molar-refractivity contribution in [2.24, 2.45) is 0 Å². The van der Waals surface area contributed by atoms with Crippen LogP contribution in [0.4, 0.5) is 4.39 Å². The first kappa shape index (κ1) is 52.7. The smallest absolute Gasteiger partial charge is 0.258 e. The molecule has 4 aliphatic rings. The van der Waals surface area contributed by atoms with E-state index in [1.54, 1.807) is 54.8 Å². The molecule has 5 heterocycles. The minimum atomic E-state index is -1.57. The second-order valence-corrected chi connectivity index (χ2v) is 18.6. The summed E-state index contributed by atoms with van der Waals surface area (Å²) in [4.78, 5) is 107. The molecule has 3 atom stereocenters. The average molecular weight is 1020 g/mol. The molecule has 20 nitrogen and oxygen atoms in total. The first-order valence-corrected chi connectivity index (χ1v) is 24.7. The molecule has 74 heavy (non-hydrogen) atoms. The fraction of sp³-hybridized carbons (Fsp3) is 0.415. The van der Waals surface area contributed by atoms with Gasteiger partial charge in [-0.05, 0) is 67.3 Å². The van der Waals surface area contributed by atoms with Crippen molar-refractivity contribution in [3.8, 4) is 11.4 Å². The van der Waals surface area contributed by atoms with Crippen LogP contribution in [-0.4, -0.2) is 113 Å². The summed E-state index contributed by atoms with van der Waals surface area (Å²) in [5.74, 6) is -3.88. The van der Waals surface area contributed by atoms with E-state index >= 15 is 4.39 Å². The molecular weight excluding hydrogens is 960 g/mol. The average Bonchev–Trinajstić information content (AvgIpc) is 3.95. The van der Waals surface area contributed by atoms with E-state index in [9.17, 15) is 43.5 Å². The third kappa shape index (κ3) is 11.4. The maximum Gasteiger partial charge on any atom is 0.258 e. The second kappa shape index (κ2) is 23.1. The zero-order valence-corrected chi connectivity index (χ0v) is 41.2. The topological polar surface area (TPSA) is 266 Å². The monoisotopic (exact) mass is 1020 g/mol. The van der Waals surface area contributed by atoms with E-state index in [0.29, 0.717) is 65.7 Å². The van der Waals surface area contributed by atoms with Gasteiger partial charge in [-0.25, -0.2) is 9.37 Å². The minimum Gasteiger partial charge on any atom is -0.490 e. The van der Waals surface area contributed by atoms with Crippen molar-refractivity contribution in [3.05, 3.63) is 122 Å². The highest BCUT2D eigenvalue weighted by Crippen LogP contribution is 2.47. The molecule has 21 heteroatoms. The highest BCUT2D eigenvalue weighted by Gasteiger charge is 2.42. The van der Waals surface area contributed by atoms with Gasteiger partial charge in [-0.3, -0.25) is 43.3 Å². The largest absolute Gasteiger partial charge is 0.490 e. The van der Waals surface area contributed by atoms with Crippen LogP contribution in [0.2, 0.25) is 0 Å². The van der Waals surface area contributed by atoms with Gasteiger partial charge in [-0.1, -0.05) is 50.3 Å². The van der Waals surface area contributed by atoms with E-state index in [4.69, 9.17) is 19.2 Å². The first-order chi connectivity index (χ1) is 35.6. The lowest BCUT2D eigenvalue weighted by Crippen LogP contribution is -2.52. The van der Waals surface area contributed by atoms with Crippen LogP contribution >= 0.6 is 0 Å². The van der Waals surface area contributed by atoms with Gasteiger partial charge in [0.1, 0.15) is 36.6 Å². The number of rotatable bonds is 23. The highest BCUT2D eigenvalue weighted by atomic mass is 19.1. The molecule has 0 saturated heterocycles. The van der Waals surface area contributed by atoms with E-state index in [2.05, 4.69) is 33.2 Å². The fourth-order valence-electron chi connectivity index (χ4n) is 9.80. The van der Waals surface area contributed by atoms with Gasteiger partial charge in [0, 0.05) is 54.1 Å². The molecule has 390 valence electrons. The summed E-state index contributed by atoms with van der Waals surface area (Å²) in [5, 5.41) is 25.0. The van der Waals surface area contributed by atoms with Crippen LogP contribution < -0.4 is 32.1 Å². The van der Waals surface area contributed by atoms with Crippen molar-refractivity contribution in [3.63, 3.8) is 0 Å². The summed E-state index contributed by atoms with van der Waals surface area (Å²) in [6.45, 7) is 6.49. The number of ether oxygens (including phenoxy) is 3. The molecule has 0 bridgehead atoms. The number of imide groups is 1. The molecule has 2 aromatic heterocycles. The SMILES string of the molecule is C=C1OCc2c(cc3n(c2=O)Cc2c-3nc3cc(F)c(C)c4c3c2[C@@H](OCCOCNC(=O)CNC(=O)[C@H](Cc2ccccc2)NC(=O)CNC(=O)CNC(=O)CCCCCN2C(=O)C=CC2=O)CC4)[C@@]1(O)CC. The number of amides is 7. The molecule has 0 saturated carbocycles. The van der Waals surface area contributed by atoms with Crippen LogP contribution in [-0.2, 0) is 79.4 Å². The Labute approximate surface area is 425 Å². The maximum absolute atomic E-state index is 15.4. The van der Waals surface area contributed by atoms with Crippen molar-refractivity contribution in [2.45, 2.75) is 96.1 Å². The van der Waals surface area contributed by atoms with E-state index in [1.807, 2.05) is 0 Å². The Balaban J connectivity index is 0.791. The maximum atomic E-state index is 15.4. The quantitative estimate of drug-likeness (QED) is 0.0312. The summed E-state index contributed by atoms with van der Waals surface area (Å²) in [7, 11) is 0. The first-order valence-electron chi connectivity index (χ1n) is 24.7. The molecule has 4 aromatic rings. The van der Waals surface area contributed by atoms with Gasteiger partial charge in [0.2, 0.25) is 29.5 Å². The third-order valence-electron chi connectivity index (χ3n) is 13.8. The standard InChI is InChI=1S/C53H59FN8O12/c1-4-53(71)31(3)74-28-35-36(53)22-40-50-34(27-62(40)52(35)70)49-41(15-14-33-30(2)37(54)23-38(60-50)48(33)49)73-20-19-72-29-58-44(65)25-57-51(69)39(21-32-11-7-5-8-12-32)59-45(66)26-56-43(64)24-55-42(63)13-9-6-10-18-61-46(67)16-17-47(61)68/h5,7-8,11-12,16-17,22-23,39,41,71H,3-4,6,9-10,13-15,18-21,24-29H2,1-2H3,(H,55,63)(H,56,64)(H,57,69)(H,58,65)(H,59,66)/t39-,41-,53+/m0/s1. The third-order valence-corrected chi connectivity index (χ3v) is 13.8. The van der Waals surface area contributed by atoms with Crippen molar-refractivity contribution in [2.75, 3.05) is 46.1 Å². The summed E-state index contributed by atoms with van der Waals surface area (Å²) < 4.78 is 34.8. The second-order valence-electron chi connectivity index (χ2n) is 18.6. The number of carbonyl (C=O) groups is 7. The summed E-state index contributed by atoms with van der Waals surface area (Å²) in [6, 6.07) is 10.9. The van der Waals surface area contributed by atoms with E-state index in [-0.39, 0.29) is 100 Å². The zero-order valence-electron chi connectivity index (χ0n) is 41.2. The Morgan fingerprint density at radius 2 is 1.62 bits per heavy atom. The molecule has 1 aliphatic carbocycles.